The first-order valence-electron chi connectivity index (χ1n) is 6.00. The highest BCUT2D eigenvalue weighted by Crippen LogP contribution is 2.27. The summed E-state index contributed by atoms with van der Waals surface area (Å²) in [6.07, 6.45) is 1.53. The molecule has 0 spiro atoms. The molecule has 2 aromatic heterocycles. The summed E-state index contributed by atoms with van der Waals surface area (Å²) in [4.78, 5) is 20.0. The fourth-order valence-corrected chi connectivity index (χ4v) is 2.61. The fraction of sp³-hybridized carbons (Fsp3) is 0.417. The predicted octanol–water partition coefficient (Wildman–Crippen LogP) is 2.14. The number of hydrogen-bond donors (Lipinski definition) is 2. The third-order valence-corrected chi connectivity index (χ3v) is 3.61. The average molecular weight is 314 g/mol. The number of nitrogens with two attached hydrogens (primary N) is 1. The molecule has 1 unspecified atom stereocenters. The number of aromatic nitrogens is 2. The second-order valence-electron chi connectivity index (χ2n) is 4.07. The van der Waals surface area contributed by atoms with Gasteiger partial charge in [-0.1, -0.05) is 13.3 Å². The molecule has 8 heteroatoms. The lowest BCUT2D eigenvalue weighted by Crippen LogP contribution is -2.31. The van der Waals surface area contributed by atoms with Gasteiger partial charge in [-0.15, -0.1) is 11.3 Å². The van der Waals surface area contributed by atoms with Crippen LogP contribution in [-0.2, 0) is 9.53 Å². The minimum absolute atomic E-state index is 0. The number of carbonyl (C=O) groups excluding carboxylic acids is 1. The van der Waals surface area contributed by atoms with Crippen molar-refractivity contribution in [1.29, 1.82) is 0 Å². The van der Waals surface area contributed by atoms with E-state index in [0.29, 0.717) is 12.2 Å². The van der Waals surface area contributed by atoms with Crippen molar-refractivity contribution in [1.82, 2.24) is 9.97 Å². The Morgan fingerprint density at radius 3 is 2.95 bits per heavy atom. The molecule has 0 aliphatic heterocycles. The molecule has 3 N–H and O–H groups in total. The number of rotatable bonds is 5. The summed E-state index contributed by atoms with van der Waals surface area (Å²) in [5.74, 6) is 0.471. The van der Waals surface area contributed by atoms with Crippen LogP contribution in [0, 0.1) is 0 Å². The van der Waals surface area contributed by atoms with Crippen molar-refractivity contribution >= 4 is 52.8 Å². The molecule has 0 fully saturated rings. The van der Waals surface area contributed by atoms with Gasteiger partial charge < -0.3 is 15.8 Å². The zero-order chi connectivity index (χ0) is 13.8. The third-order valence-electron chi connectivity index (χ3n) is 2.69. The number of methoxy groups -OCH3 is 1. The van der Waals surface area contributed by atoms with Gasteiger partial charge in [0.2, 0.25) is 5.95 Å². The van der Waals surface area contributed by atoms with Crippen molar-refractivity contribution in [2.75, 3.05) is 18.2 Å². The summed E-state index contributed by atoms with van der Waals surface area (Å²) in [6, 6.07) is 1.45. The van der Waals surface area contributed by atoms with Crippen molar-refractivity contribution in [2.45, 2.75) is 25.8 Å². The van der Waals surface area contributed by atoms with Gasteiger partial charge in [0.15, 0.2) is 0 Å². The van der Waals surface area contributed by atoms with E-state index in [2.05, 4.69) is 15.3 Å². The maximum absolute atomic E-state index is 11.7. The number of fused-ring (bicyclic) bond motifs is 1. The molecule has 20 heavy (non-hydrogen) atoms. The summed E-state index contributed by atoms with van der Waals surface area (Å²) in [5.41, 5.74) is 6.45. The van der Waals surface area contributed by atoms with Crippen LogP contribution in [0.4, 0.5) is 11.8 Å². The quantitative estimate of drug-likeness (QED) is 0.822. The molecule has 0 aliphatic carbocycles. The molecular formula is C12H18N4O2S2. The number of carbonyl (C=O) groups is 1. The summed E-state index contributed by atoms with van der Waals surface area (Å²) < 4.78 is 5.68. The Kier molecular flexibility index (Phi) is 6.03. The molecule has 0 bridgehead atoms. The topological polar surface area (TPSA) is 90.1 Å². The Bertz CT molecular complexity index is 588. The Morgan fingerprint density at radius 1 is 1.55 bits per heavy atom. The highest BCUT2D eigenvalue weighted by atomic mass is 32.1. The average Bonchev–Trinajstić information content (AvgIpc) is 2.85. The number of thiophene rings is 1. The van der Waals surface area contributed by atoms with E-state index in [0.717, 1.165) is 16.6 Å². The van der Waals surface area contributed by atoms with Gasteiger partial charge >= 0.3 is 5.97 Å². The number of esters is 1. The van der Waals surface area contributed by atoms with E-state index in [-0.39, 0.29) is 25.4 Å². The van der Waals surface area contributed by atoms with Crippen molar-refractivity contribution in [3.8, 4) is 0 Å². The summed E-state index contributed by atoms with van der Waals surface area (Å²) in [7, 11) is 1.38. The zero-order valence-corrected chi connectivity index (χ0v) is 13.2. The van der Waals surface area contributed by atoms with Gasteiger partial charge in [0.1, 0.15) is 11.9 Å². The van der Waals surface area contributed by atoms with Crippen LogP contribution in [0.15, 0.2) is 11.4 Å². The van der Waals surface area contributed by atoms with Crippen LogP contribution >= 0.6 is 24.8 Å². The fourth-order valence-electron chi connectivity index (χ4n) is 1.82. The van der Waals surface area contributed by atoms with E-state index < -0.39 is 6.04 Å². The first-order valence-corrected chi connectivity index (χ1v) is 6.88. The third kappa shape index (κ3) is 3.51. The number of anilines is 2. The Balaban J connectivity index is 0.00000200. The van der Waals surface area contributed by atoms with E-state index in [4.69, 9.17) is 10.5 Å². The molecule has 6 nitrogen and oxygen atoms in total. The molecule has 2 aromatic rings. The van der Waals surface area contributed by atoms with Crippen LogP contribution < -0.4 is 11.1 Å². The molecule has 2 heterocycles. The van der Waals surface area contributed by atoms with Crippen molar-refractivity contribution < 1.29 is 9.53 Å². The number of nitrogens with one attached hydrogen (secondary N) is 1. The zero-order valence-electron chi connectivity index (χ0n) is 11.3. The monoisotopic (exact) mass is 314 g/mol. The van der Waals surface area contributed by atoms with Gasteiger partial charge in [-0.25, -0.2) is 9.78 Å². The number of nitrogen functional groups attached to an aromatic ring is 1. The van der Waals surface area contributed by atoms with Crippen molar-refractivity contribution in [3.05, 3.63) is 11.4 Å². The highest BCUT2D eigenvalue weighted by molar-refractivity contribution is 7.59. The first kappa shape index (κ1) is 16.5. The molecule has 0 radical (unpaired) electrons. The maximum atomic E-state index is 11.7. The van der Waals surface area contributed by atoms with Gasteiger partial charge in [-0.2, -0.15) is 18.5 Å². The normalized spacial score (nSPS) is 11.7. The van der Waals surface area contributed by atoms with Crippen LogP contribution in [0.25, 0.3) is 10.2 Å². The molecular weight excluding hydrogens is 296 g/mol. The highest BCUT2D eigenvalue weighted by Gasteiger charge is 2.20. The lowest BCUT2D eigenvalue weighted by molar-refractivity contribution is -0.141. The summed E-state index contributed by atoms with van der Waals surface area (Å²) >= 11 is 1.51. The van der Waals surface area contributed by atoms with Gasteiger partial charge in [-0.05, 0) is 17.9 Å². The predicted molar refractivity (Wildman–Crippen MR) is 86.5 cm³/mol. The van der Waals surface area contributed by atoms with Crippen molar-refractivity contribution in [2.24, 2.45) is 0 Å². The Labute approximate surface area is 128 Å². The number of nitrogens with zero attached hydrogens (tertiary/aromatic N) is 2. The minimum Gasteiger partial charge on any atom is -0.467 e. The minimum atomic E-state index is -0.422. The van der Waals surface area contributed by atoms with Gasteiger partial charge in [-0.3, -0.25) is 0 Å². The Hall–Kier alpha value is -1.54. The summed E-state index contributed by atoms with van der Waals surface area (Å²) in [5, 5.41) is 5.02. The van der Waals surface area contributed by atoms with Crippen LogP contribution in [-0.4, -0.2) is 29.1 Å². The molecule has 0 saturated heterocycles. The van der Waals surface area contributed by atoms with Crippen LogP contribution in [0.2, 0.25) is 0 Å². The molecule has 1 atom stereocenters. The molecule has 0 amide bonds. The van der Waals surface area contributed by atoms with Gasteiger partial charge in [0, 0.05) is 0 Å². The molecule has 0 aromatic carbocycles. The second kappa shape index (κ2) is 7.30. The van der Waals surface area contributed by atoms with Crippen LogP contribution in [0.5, 0.6) is 0 Å². The van der Waals surface area contributed by atoms with Gasteiger partial charge in [0.25, 0.3) is 0 Å². The lowest BCUT2D eigenvalue weighted by Gasteiger charge is -2.16. The first-order chi connectivity index (χ1) is 9.15. The van der Waals surface area contributed by atoms with E-state index >= 15 is 0 Å². The Morgan fingerprint density at radius 2 is 2.30 bits per heavy atom. The molecule has 0 aliphatic rings. The van der Waals surface area contributed by atoms with Crippen LogP contribution in [0.3, 0.4) is 0 Å². The number of hydrogen-bond acceptors (Lipinski definition) is 7. The number of ether oxygens (including phenoxy) is 1. The van der Waals surface area contributed by atoms with Crippen LogP contribution in [0.1, 0.15) is 19.8 Å². The van der Waals surface area contributed by atoms with E-state index in [9.17, 15) is 4.79 Å². The van der Waals surface area contributed by atoms with Crippen molar-refractivity contribution in [3.63, 3.8) is 0 Å². The SMILES string of the molecule is CCCC(Nc1nc(N)nc2ccsc12)C(=O)OC.S. The van der Waals surface area contributed by atoms with Gasteiger partial charge in [0.05, 0.1) is 17.3 Å². The second-order valence-corrected chi connectivity index (χ2v) is 4.99. The maximum Gasteiger partial charge on any atom is 0.328 e. The summed E-state index contributed by atoms with van der Waals surface area (Å²) in [6.45, 7) is 2.01. The molecule has 110 valence electrons. The standard InChI is InChI=1S/C12H16N4O2S.H2S/c1-3-4-8(11(17)18-2)14-10-9-7(5-6-19-9)15-12(13)16-10;/h5-6,8H,3-4H2,1-2H3,(H3,13,14,15,16);1H2. The molecule has 2 rings (SSSR count). The lowest BCUT2D eigenvalue weighted by atomic mass is 10.1. The van der Waals surface area contributed by atoms with E-state index in [1.54, 1.807) is 0 Å². The smallest absolute Gasteiger partial charge is 0.328 e. The van der Waals surface area contributed by atoms with E-state index in [1.807, 2.05) is 18.4 Å². The molecule has 0 saturated carbocycles. The van der Waals surface area contributed by atoms with E-state index in [1.165, 1.54) is 18.4 Å². The largest absolute Gasteiger partial charge is 0.467 e.